The fourth-order valence-corrected chi connectivity index (χ4v) is 4.46. The number of H-pyrrole nitrogens is 1. The number of hydrogen-bond acceptors (Lipinski definition) is 5. The Balaban J connectivity index is 1.69. The maximum absolute atomic E-state index is 13.3. The van der Waals surface area contributed by atoms with Crippen LogP contribution in [0, 0.1) is 0 Å². The van der Waals surface area contributed by atoms with Gasteiger partial charge in [-0.15, -0.1) is 0 Å². The molecule has 4 aromatic rings. The van der Waals surface area contributed by atoms with Crippen molar-refractivity contribution >= 4 is 39.5 Å². The molecule has 1 saturated heterocycles. The number of benzene rings is 1. The number of nitrogens with zero attached hydrogens (tertiary/aromatic N) is 5. The van der Waals surface area contributed by atoms with E-state index < -0.39 is 0 Å². The summed E-state index contributed by atoms with van der Waals surface area (Å²) in [7, 11) is 3.64. The number of aromatic amines is 1. The molecule has 2 N–H and O–H groups in total. The third kappa shape index (κ3) is 2.82. The van der Waals surface area contributed by atoms with Crippen LogP contribution in [-0.2, 0) is 14.1 Å². The summed E-state index contributed by atoms with van der Waals surface area (Å²) in [5, 5.41) is 9.80. The number of aromatic nitrogens is 5. The van der Waals surface area contributed by atoms with Gasteiger partial charge in [0.15, 0.2) is 0 Å². The van der Waals surface area contributed by atoms with E-state index in [1.165, 1.54) is 0 Å². The summed E-state index contributed by atoms with van der Waals surface area (Å²) >= 11 is 6.70. The third-order valence-corrected chi connectivity index (χ3v) is 5.98. The lowest BCUT2D eigenvalue weighted by molar-refractivity contribution is 0.475. The van der Waals surface area contributed by atoms with Gasteiger partial charge < -0.3 is 15.2 Å². The molecular weight excluding hydrogens is 390 g/mol. The second kappa shape index (κ2) is 6.60. The number of halogens is 1. The van der Waals surface area contributed by atoms with Crippen LogP contribution in [0.4, 0.5) is 5.95 Å². The minimum atomic E-state index is -0.0882. The van der Waals surface area contributed by atoms with Crippen molar-refractivity contribution in [2.45, 2.75) is 13.0 Å². The van der Waals surface area contributed by atoms with Crippen LogP contribution < -0.4 is 15.8 Å². The first kappa shape index (κ1) is 18.2. The summed E-state index contributed by atoms with van der Waals surface area (Å²) in [4.78, 5) is 23.4. The van der Waals surface area contributed by atoms with Crippen molar-refractivity contribution in [3.8, 4) is 11.1 Å². The highest BCUT2D eigenvalue weighted by Gasteiger charge is 2.23. The summed E-state index contributed by atoms with van der Waals surface area (Å²) in [5.74, 6) is 0.679. The standard InChI is InChI=1S/C20H22ClN7O/c1-11-9-28(7-6-22-11)20-24-18-16(19(29)27(20)3)13(8-23-18)12-4-5-15-14(17(12)21)10-26(2)25-15/h4-5,8,10-11,22-23H,6-7,9H2,1-3H3/t11-/m1/s1. The van der Waals surface area contributed by atoms with Crippen molar-refractivity contribution in [1.29, 1.82) is 0 Å². The molecule has 3 aromatic heterocycles. The Morgan fingerprint density at radius 1 is 1.24 bits per heavy atom. The van der Waals surface area contributed by atoms with Crippen molar-refractivity contribution in [3.05, 3.63) is 39.9 Å². The Hall–Kier alpha value is -2.84. The molecule has 0 saturated carbocycles. The second-order valence-corrected chi connectivity index (χ2v) is 8.04. The van der Waals surface area contributed by atoms with Gasteiger partial charge in [0.05, 0.1) is 15.9 Å². The molecule has 1 aromatic carbocycles. The summed E-state index contributed by atoms with van der Waals surface area (Å²) < 4.78 is 3.37. The van der Waals surface area contributed by atoms with Crippen LogP contribution >= 0.6 is 11.6 Å². The van der Waals surface area contributed by atoms with Crippen LogP contribution in [0.25, 0.3) is 33.1 Å². The maximum Gasteiger partial charge on any atom is 0.264 e. The monoisotopic (exact) mass is 411 g/mol. The van der Waals surface area contributed by atoms with E-state index in [4.69, 9.17) is 16.6 Å². The first-order valence-corrected chi connectivity index (χ1v) is 10.0. The zero-order valence-corrected chi connectivity index (χ0v) is 17.3. The molecule has 8 nitrogen and oxygen atoms in total. The number of rotatable bonds is 2. The van der Waals surface area contributed by atoms with Crippen molar-refractivity contribution < 1.29 is 0 Å². The molecule has 0 amide bonds. The molecule has 1 fully saturated rings. The summed E-state index contributed by atoms with van der Waals surface area (Å²) in [6.07, 6.45) is 3.70. The average molecular weight is 412 g/mol. The van der Waals surface area contributed by atoms with Crippen LogP contribution in [0.15, 0.2) is 29.3 Å². The molecule has 29 heavy (non-hydrogen) atoms. The molecule has 5 rings (SSSR count). The van der Waals surface area contributed by atoms with Gasteiger partial charge in [-0.25, -0.2) is 0 Å². The quantitative estimate of drug-likeness (QED) is 0.528. The normalized spacial score (nSPS) is 17.5. The highest BCUT2D eigenvalue weighted by molar-refractivity contribution is 6.38. The van der Waals surface area contributed by atoms with E-state index in [0.717, 1.165) is 41.7 Å². The number of fused-ring (bicyclic) bond motifs is 2. The van der Waals surface area contributed by atoms with Crippen LogP contribution in [0.3, 0.4) is 0 Å². The van der Waals surface area contributed by atoms with Gasteiger partial charge in [-0.2, -0.15) is 10.1 Å². The number of nitrogens with one attached hydrogen (secondary N) is 2. The molecular formula is C20H22ClN7O. The highest BCUT2D eigenvalue weighted by atomic mass is 35.5. The van der Waals surface area contributed by atoms with Crippen molar-refractivity contribution in [2.75, 3.05) is 24.5 Å². The van der Waals surface area contributed by atoms with Gasteiger partial charge in [0.25, 0.3) is 5.56 Å². The molecule has 0 unspecified atom stereocenters. The van der Waals surface area contributed by atoms with E-state index in [0.29, 0.717) is 28.0 Å². The molecule has 9 heteroatoms. The lowest BCUT2D eigenvalue weighted by Gasteiger charge is -2.33. The predicted molar refractivity (Wildman–Crippen MR) is 116 cm³/mol. The minimum absolute atomic E-state index is 0.0882. The van der Waals surface area contributed by atoms with E-state index in [9.17, 15) is 4.79 Å². The van der Waals surface area contributed by atoms with Crippen LogP contribution in [0.1, 0.15) is 6.92 Å². The lowest BCUT2D eigenvalue weighted by Crippen LogP contribution is -2.50. The lowest BCUT2D eigenvalue weighted by atomic mass is 10.0. The first-order chi connectivity index (χ1) is 13.9. The van der Waals surface area contributed by atoms with E-state index in [1.807, 2.05) is 31.6 Å². The second-order valence-electron chi connectivity index (χ2n) is 7.67. The van der Waals surface area contributed by atoms with Gasteiger partial charge in [0, 0.05) is 68.7 Å². The topological polar surface area (TPSA) is 83.8 Å². The largest absolute Gasteiger partial charge is 0.345 e. The van der Waals surface area contributed by atoms with Crippen LogP contribution in [0.5, 0.6) is 0 Å². The summed E-state index contributed by atoms with van der Waals surface area (Å²) in [6, 6.07) is 4.18. The van der Waals surface area contributed by atoms with Crippen molar-refractivity contribution in [3.63, 3.8) is 0 Å². The Bertz CT molecular complexity index is 1300. The average Bonchev–Trinajstić information content (AvgIpc) is 3.28. The number of aryl methyl sites for hydroxylation is 1. The number of anilines is 1. The Morgan fingerprint density at radius 2 is 2.07 bits per heavy atom. The third-order valence-electron chi connectivity index (χ3n) is 5.57. The summed E-state index contributed by atoms with van der Waals surface area (Å²) in [5.41, 5.74) is 2.86. The summed E-state index contributed by atoms with van der Waals surface area (Å²) in [6.45, 7) is 4.62. The molecule has 0 bridgehead atoms. The maximum atomic E-state index is 13.3. The van der Waals surface area contributed by atoms with Gasteiger partial charge in [0.1, 0.15) is 5.65 Å². The molecule has 150 valence electrons. The van der Waals surface area contributed by atoms with Crippen LogP contribution in [-0.4, -0.2) is 50.0 Å². The predicted octanol–water partition coefficient (Wildman–Crippen LogP) is 2.27. The van der Waals surface area contributed by atoms with Crippen molar-refractivity contribution in [2.24, 2.45) is 14.1 Å². The molecule has 1 aliphatic rings. The Labute approximate surface area is 172 Å². The van der Waals surface area contributed by atoms with E-state index in [-0.39, 0.29) is 5.56 Å². The van der Waals surface area contributed by atoms with E-state index in [2.05, 4.69) is 27.2 Å². The number of piperazine rings is 1. The zero-order valence-electron chi connectivity index (χ0n) is 16.5. The molecule has 1 aliphatic heterocycles. The molecule has 1 atom stereocenters. The smallest absolute Gasteiger partial charge is 0.264 e. The molecule has 0 aliphatic carbocycles. The molecule has 0 radical (unpaired) electrons. The van der Waals surface area contributed by atoms with Crippen molar-refractivity contribution in [1.82, 2.24) is 29.6 Å². The van der Waals surface area contributed by atoms with Gasteiger partial charge in [-0.05, 0) is 13.0 Å². The first-order valence-electron chi connectivity index (χ1n) is 9.62. The van der Waals surface area contributed by atoms with Gasteiger partial charge in [-0.1, -0.05) is 17.7 Å². The Kier molecular flexibility index (Phi) is 4.15. The van der Waals surface area contributed by atoms with E-state index in [1.54, 1.807) is 16.3 Å². The SMILES string of the molecule is C[C@@H]1CN(c2nc3[nH]cc(-c4ccc5nn(C)cc5c4Cl)c3c(=O)n2C)CCN1. The van der Waals surface area contributed by atoms with Gasteiger partial charge >= 0.3 is 0 Å². The van der Waals surface area contributed by atoms with Crippen LogP contribution in [0.2, 0.25) is 5.02 Å². The molecule has 4 heterocycles. The van der Waals surface area contributed by atoms with E-state index >= 15 is 0 Å². The number of hydrogen-bond donors (Lipinski definition) is 2. The highest BCUT2D eigenvalue weighted by Crippen LogP contribution is 2.36. The fraction of sp³-hybridized carbons (Fsp3) is 0.350. The molecule has 0 spiro atoms. The van der Waals surface area contributed by atoms with Gasteiger partial charge in [0.2, 0.25) is 5.95 Å². The fourth-order valence-electron chi connectivity index (χ4n) is 4.15. The minimum Gasteiger partial charge on any atom is -0.345 e. The Morgan fingerprint density at radius 3 is 2.86 bits per heavy atom. The van der Waals surface area contributed by atoms with Gasteiger partial charge in [-0.3, -0.25) is 14.0 Å². The zero-order chi connectivity index (χ0) is 20.3.